The summed E-state index contributed by atoms with van der Waals surface area (Å²) < 4.78 is 42.1. The fourth-order valence-corrected chi connectivity index (χ4v) is 5.66. The molecule has 3 aromatic rings. The van der Waals surface area contributed by atoms with Crippen molar-refractivity contribution in [2.45, 2.75) is 64.1 Å². The predicted octanol–water partition coefficient (Wildman–Crippen LogP) is 5.05. The third-order valence-electron chi connectivity index (χ3n) is 6.55. The van der Waals surface area contributed by atoms with Gasteiger partial charge in [-0.25, -0.2) is 12.8 Å². The second-order valence-corrected chi connectivity index (χ2v) is 11.4. The zero-order chi connectivity index (χ0) is 28.6. The third kappa shape index (κ3) is 7.66. The summed E-state index contributed by atoms with van der Waals surface area (Å²) in [7, 11) is -4.19. The summed E-state index contributed by atoms with van der Waals surface area (Å²) in [6.45, 7) is 7.15. The summed E-state index contributed by atoms with van der Waals surface area (Å²) >= 11 is 0. The number of nitrogens with one attached hydrogen (secondary N) is 1. The molecule has 0 unspecified atom stereocenters. The van der Waals surface area contributed by atoms with Gasteiger partial charge in [-0.3, -0.25) is 13.9 Å². The Hall–Kier alpha value is -3.72. The van der Waals surface area contributed by atoms with E-state index in [2.05, 4.69) is 5.32 Å². The summed E-state index contributed by atoms with van der Waals surface area (Å²) in [6.07, 6.45) is 1.06. The molecule has 0 aliphatic rings. The van der Waals surface area contributed by atoms with E-state index in [-0.39, 0.29) is 29.1 Å². The molecule has 0 fully saturated rings. The molecule has 7 nitrogen and oxygen atoms in total. The van der Waals surface area contributed by atoms with Crippen molar-refractivity contribution in [3.05, 3.63) is 95.8 Å². The molecule has 1 N–H and O–H groups in total. The van der Waals surface area contributed by atoms with Gasteiger partial charge in [0.2, 0.25) is 11.8 Å². The first-order valence-corrected chi connectivity index (χ1v) is 14.5. The van der Waals surface area contributed by atoms with Gasteiger partial charge in [0, 0.05) is 12.6 Å². The monoisotopic (exact) mass is 553 g/mol. The first-order valence-electron chi connectivity index (χ1n) is 13.1. The molecular weight excluding hydrogens is 517 g/mol. The average molecular weight is 554 g/mol. The van der Waals surface area contributed by atoms with Gasteiger partial charge in [-0.15, -0.1) is 0 Å². The lowest BCUT2D eigenvalue weighted by molar-refractivity contribution is -0.140. The van der Waals surface area contributed by atoms with E-state index in [0.717, 1.165) is 34.0 Å². The van der Waals surface area contributed by atoms with Gasteiger partial charge in [0.25, 0.3) is 10.0 Å². The smallest absolute Gasteiger partial charge is 0.264 e. The minimum atomic E-state index is -4.19. The topological polar surface area (TPSA) is 86.8 Å². The molecule has 2 amide bonds. The van der Waals surface area contributed by atoms with Gasteiger partial charge < -0.3 is 10.2 Å². The lowest BCUT2D eigenvalue weighted by Crippen LogP contribution is -2.53. The van der Waals surface area contributed by atoms with Crippen LogP contribution in [0.25, 0.3) is 0 Å². The second kappa shape index (κ2) is 13.4. The largest absolute Gasteiger partial charge is 0.352 e. The first-order chi connectivity index (χ1) is 18.6. The molecule has 0 aliphatic heterocycles. The highest BCUT2D eigenvalue weighted by atomic mass is 32.2. The van der Waals surface area contributed by atoms with E-state index in [4.69, 9.17) is 0 Å². The minimum absolute atomic E-state index is 0.00563. The Morgan fingerprint density at radius 2 is 1.59 bits per heavy atom. The average Bonchev–Trinajstić information content (AvgIpc) is 2.92. The number of sulfonamides is 1. The number of anilines is 1. The van der Waals surface area contributed by atoms with E-state index in [9.17, 15) is 22.4 Å². The Bertz CT molecular complexity index is 1360. The standard InChI is InChI=1S/C30H36FN3O4S/c1-5-23(4)32-30(36)28(6-2)33(20-24-12-10-11-22(3)19-24)29(35)21-34(26-17-15-25(31)16-18-26)39(37,38)27-13-8-7-9-14-27/h7-19,23,28H,5-6,20-21H2,1-4H3,(H,32,36)/t23-,28+/m1/s1. The maximum absolute atomic E-state index is 14.0. The van der Waals surface area contributed by atoms with Crippen LogP contribution >= 0.6 is 0 Å². The molecule has 3 aromatic carbocycles. The molecular formula is C30H36FN3O4S. The van der Waals surface area contributed by atoms with Gasteiger partial charge in [0.15, 0.2) is 0 Å². The fourth-order valence-electron chi connectivity index (χ4n) is 4.22. The van der Waals surface area contributed by atoms with Gasteiger partial charge in [-0.1, -0.05) is 61.9 Å². The number of hydrogen-bond donors (Lipinski definition) is 1. The normalized spacial score (nSPS) is 12.8. The Balaban J connectivity index is 2.04. The van der Waals surface area contributed by atoms with Crippen LogP contribution in [-0.4, -0.2) is 43.8 Å². The zero-order valence-corrected chi connectivity index (χ0v) is 23.6. The second-order valence-electron chi connectivity index (χ2n) is 9.55. The summed E-state index contributed by atoms with van der Waals surface area (Å²) in [5.41, 5.74) is 1.95. The fraction of sp³-hybridized carbons (Fsp3) is 0.333. The molecule has 0 radical (unpaired) electrons. The molecule has 3 rings (SSSR count). The van der Waals surface area contributed by atoms with Crippen LogP contribution in [0.5, 0.6) is 0 Å². The summed E-state index contributed by atoms with van der Waals surface area (Å²) in [4.78, 5) is 28.7. The maximum atomic E-state index is 14.0. The SMILES string of the molecule is CC[C@@H](C)NC(=O)[C@H](CC)N(Cc1cccc(C)c1)C(=O)CN(c1ccc(F)cc1)S(=O)(=O)c1ccccc1. The number of carbonyl (C=O) groups is 2. The highest BCUT2D eigenvalue weighted by molar-refractivity contribution is 7.92. The van der Waals surface area contributed by atoms with Gasteiger partial charge in [-0.2, -0.15) is 0 Å². The number of halogens is 1. The van der Waals surface area contributed by atoms with Crippen LogP contribution in [0, 0.1) is 12.7 Å². The van der Waals surface area contributed by atoms with E-state index >= 15 is 0 Å². The van der Waals surface area contributed by atoms with Gasteiger partial charge in [0.1, 0.15) is 18.4 Å². The van der Waals surface area contributed by atoms with Crippen LogP contribution in [-0.2, 0) is 26.2 Å². The molecule has 0 saturated heterocycles. The van der Waals surface area contributed by atoms with Gasteiger partial charge >= 0.3 is 0 Å². The molecule has 0 aliphatic carbocycles. The number of nitrogens with zero attached hydrogens (tertiary/aromatic N) is 2. The summed E-state index contributed by atoms with van der Waals surface area (Å²) in [5.74, 6) is -1.38. The van der Waals surface area contributed by atoms with Crippen molar-refractivity contribution in [2.75, 3.05) is 10.8 Å². The van der Waals surface area contributed by atoms with Crippen molar-refractivity contribution in [1.29, 1.82) is 0 Å². The van der Waals surface area contributed by atoms with E-state index in [1.807, 2.05) is 52.0 Å². The number of benzene rings is 3. The first kappa shape index (κ1) is 29.8. The van der Waals surface area contributed by atoms with E-state index < -0.39 is 34.3 Å². The number of amides is 2. The molecule has 39 heavy (non-hydrogen) atoms. The molecule has 0 bridgehead atoms. The van der Waals surface area contributed by atoms with Gasteiger partial charge in [-0.05, 0) is 68.7 Å². The van der Waals surface area contributed by atoms with Crippen LogP contribution < -0.4 is 9.62 Å². The minimum Gasteiger partial charge on any atom is -0.352 e. The Morgan fingerprint density at radius 3 is 2.18 bits per heavy atom. The van der Waals surface area contributed by atoms with Crippen molar-refractivity contribution in [3.8, 4) is 0 Å². The highest BCUT2D eigenvalue weighted by Crippen LogP contribution is 2.25. The van der Waals surface area contributed by atoms with Crippen molar-refractivity contribution in [1.82, 2.24) is 10.2 Å². The molecule has 0 saturated carbocycles. The molecule has 2 atom stereocenters. The summed E-state index contributed by atoms with van der Waals surface area (Å²) in [5, 5.41) is 2.95. The lowest BCUT2D eigenvalue weighted by Gasteiger charge is -2.33. The summed E-state index contributed by atoms with van der Waals surface area (Å²) in [6, 6.07) is 19.4. The van der Waals surface area contributed by atoms with Crippen molar-refractivity contribution in [2.24, 2.45) is 0 Å². The van der Waals surface area contributed by atoms with Crippen molar-refractivity contribution >= 4 is 27.5 Å². The van der Waals surface area contributed by atoms with Crippen LogP contribution in [0.1, 0.15) is 44.7 Å². The molecule has 0 aromatic heterocycles. The van der Waals surface area contributed by atoms with Crippen molar-refractivity contribution < 1.29 is 22.4 Å². The third-order valence-corrected chi connectivity index (χ3v) is 8.34. The van der Waals surface area contributed by atoms with Crippen LogP contribution in [0.4, 0.5) is 10.1 Å². The van der Waals surface area contributed by atoms with Crippen LogP contribution in [0.3, 0.4) is 0 Å². The van der Waals surface area contributed by atoms with E-state index in [1.165, 1.54) is 29.2 Å². The number of hydrogen-bond acceptors (Lipinski definition) is 4. The maximum Gasteiger partial charge on any atom is 0.264 e. The lowest BCUT2D eigenvalue weighted by atomic mass is 10.1. The van der Waals surface area contributed by atoms with Crippen LogP contribution in [0.15, 0.2) is 83.8 Å². The molecule has 9 heteroatoms. The van der Waals surface area contributed by atoms with Crippen molar-refractivity contribution in [3.63, 3.8) is 0 Å². The molecule has 0 spiro atoms. The number of carbonyl (C=O) groups excluding carboxylic acids is 2. The van der Waals surface area contributed by atoms with E-state index in [0.29, 0.717) is 6.42 Å². The zero-order valence-electron chi connectivity index (χ0n) is 22.8. The Labute approximate surface area is 230 Å². The number of rotatable bonds is 12. The van der Waals surface area contributed by atoms with Gasteiger partial charge in [0.05, 0.1) is 10.6 Å². The predicted molar refractivity (Wildman–Crippen MR) is 151 cm³/mol. The Kier molecular flexibility index (Phi) is 10.2. The highest BCUT2D eigenvalue weighted by Gasteiger charge is 2.34. The quantitative estimate of drug-likeness (QED) is 0.340. The molecule has 208 valence electrons. The van der Waals surface area contributed by atoms with E-state index in [1.54, 1.807) is 18.2 Å². The Morgan fingerprint density at radius 1 is 0.923 bits per heavy atom. The number of aryl methyl sites for hydroxylation is 1. The van der Waals surface area contributed by atoms with Crippen LogP contribution in [0.2, 0.25) is 0 Å². The molecule has 0 heterocycles.